The molecule has 0 aliphatic carbocycles. The highest BCUT2D eigenvalue weighted by molar-refractivity contribution is 5.91. The van der Waals surface area contributed by atoms with Gasteiger partial charge in [-0.2, -0.15) is 0 Å². The molecule has 0 unspecified atom stereocenters. The van der Waals surface area contributed by atoms with Crippen molar-refractivity contribution in [2.45, 2.75) is 13.1 Å². The molecular weight excluding hydrogens is 171 g/mol. The molecule has 0 fully saturated rings. The smallest absolute Gasteiger partial charge is 0.338 e. The molecule has 0 N–H and O–H groups in total. The highest BCUT2D eigenvalue weighted by Gasteiger charge is 2.14. The number of halogens is 1. The molecule has 0 aliphatic heterocycles. The fourth-order valence-corrected chi connectivity index (χ4v) is 1.14. The maximum Gasteiger partial charge on any atom is 0.338 e. The lowest BCUT2D eigenvalue weighted by Gasteiger charge is -2.07. The highest BCUT2D eigenvalue weighted by atomic mass is 19.1. The van der Waals surface area contributed by atoms with Crippen molar-refractivity contribution in [2.24, 2.45) is 0 Å². The predicted octanol–water partition coefficient (Wildman–Crippen LogP) is 2.50. The second-order valence-electron chi connectivity index (χ2n) is 2.69. The molecule has 1 aromatic rings. The molecule has 0 bridgehead atoms. The van der Waals surface area contributed by atoms with Gasteiger partial charge in [-0.15, -0.1) is 0 Å². The molecular formula is C10H11FO2. The van der Waals surface area contributed by atoms with E-state index in [9.17, 15) is 9.18 Å². The first-order chi connectivity index (χ1) is 6.16. The van der Waals surface area contributed by atoms with Crippen LogP contribution in [0.25, 0.3) is 0 Å². The summed E-state index contributed by atoms with van der Waals surface area (Å²) in [6.07, 6.45) is -1.16. The molecule has 2 nitrogen and oxygen atoms in total. The zero-order valence-electron chi connectivity index (χ0n) is 7.58. The SMILES string of the molecule is COC(=O)c1ccccc1[C@@H](C)F. The van der Waals surface area contributed by atoms with Gasteiger partial charge in [0.05, 0.1) is 12.7 Å². The average molecular weight is 182 g/mol. The zero-order valence-corrected chi connectivity index (χ0v) is 7.58. The molecule has 1 rings (SSSR count). The molecule has 0 aromatic heterocycles. The fraction of sp³-hybridized carbons (Fsp3) is 0.300. The van der Waals surface area contributed by atoms with Crippen LogP contribution < -0.4 is 0 Å². The summed E-state index contributed by atoms with van der Waals surface area (Å²) in [4.78, 5) is 11.1. The van der Waals surface area contributed by atoms with Crippen LogP contribution in [0.2, 0.25) is 0 Å². The third-order valence-corrected chi connectivity index (χ3v) is 1.79. The summed E-state index contributed by atoms with van der Waals surface area (Å²) < 4.78 is 17.5. The van der Waals surface area contributed by atoms with Crippen LogP contribution in [0, 0.1) is 0 Å². The van der Waals surface area contributed by atoms with Gasteiger partial charge in [-0.3, -0.25) is 0 Å². The Hall–Kier alpha value is -1.38. The number of alkyl halides is 1. The molecule has 0 saturated carbocycles. The monoisotopic (exact) mass is 182 g/mol. The molecule has 0 spiro atoms. The number of benzene rings is 1. The van der Waals surface area contributed by atoms with E-state index in [1.807, 2.05) is 0 Å². The van der Waals surface area contributed by atoms with Gasteiger partial charge in [-0.25, -0.2) is 9.18 Å². The maximum atomic E-state index is 13.0. The highest BCUT2D eigenvalue weighted by Crippen LogP contribution is 2.21. The second-order valence-corrected chi connectivity index (χ2v) is 2.69. The minimum absolute atomic E-state index is 0.292. The summed E-state index contributed by atoms with van der Waals surface area (Å²) in [6.45, 7) is 1.39. The van der Waals surface area contributed by atoms with Gasteiger partial charge in [0.1, 0.15) is 6.17 Å². The Bertz CT molecular complexity index is 308. The van der Waals surface area contributed by atoms with E-state index in [0.717, 1.165) is 0 Å². The minimum atomic E-state index is -1.16. The van der Waals surface area contributed by atoms with Crippen LogP contribution in [0.1, 0.15) is 29.0 Å². The van der Waals surface area contributed by atoms with Crippen molar-refractivity contribution in [2.75, 3.05) is 7.11 Å². The standard InChI is InChI=1S/C10H11FO2/c1-7(11)8-5-3-4-6-9(8)10(12)13-2/h3-7H,1-2H3/t7-/m1/s1. The molecule has 0 amide bonds. The Morgan fingerprint density at radius 1 is 1.46 bits per heavy atom. The first-order valence-electron chi connectivity index (χ1n) is 3.98. The molecule has 0 aliphatic rings. The van der Waals surface area contributed by atoms with E-state index >= 15 is 0 Å². The molecule has 1 aromatic carbocycles. The molecule has 0 radical (unpaired) electrons. The number of carbonyl (C=O) groups excluding carboxylic acids is 1. The normalized spacial score (nSPS) is 12.2. The summed E-state index contributed by atoms with van der Waals surface area (Å²) in [5, 5.41) is 0. The van der Waals surface area contributed by atoms with Crippen LogP contribution in [0.4, 0.5) is 4.39 Å². The summed E-state index contributed by atoms with van der Waals surface area (Å²) in [5.41, 5.74) is 0.661. The van der Waals surface area contributed by atoms with Crippen molar-refractivity contribution in [3.63, 3.8) is 0 Å². The van der Waals surface area contributed by atoms with Gasteiger partial charge in [0.15, 0.2) is 0 Å². The van der Waals surface area contributed by atoms with E-state index in [1.54, 1.807) is 24.3 Å². The van der Waals surface area contributed by atoms with Gasteiger partial charge in [0, 0.05) is 5.56 Å². The van der Waals surface area contributed by atoms with Gasteiger partial charge in [-0.05, 0) is 13.0 Å². The number of rotatable bonds is 2. The summed E-state index contributed by atoms with van der Waals surface area (Å²) in [6, 6.07) is 6.50. The number of methoxy groups -OCH3 is 1. The van der Waals surface area contributed by atoms with Crippen molar-refractivity contribution in [3.05, 3.63) is 35.4 Å². The van der Waals surface area contributed by atoms with Crippen molar-refractivity contribution in [3.8, 4) is 0 Å². The Morgan fingerprint density at radius 3 is 2.62 bits per heavy atom. The van der Waals surface area contributed by atoms with Gasteiger partial charge < -0.3 is 4.74 Å². The van der Waals surface area contributed by atoms with E-state index < -0.39 is 12.1 Å². The van der Waals surface area contributed by atoms with E-state index in [4.69, 9.17) is 0 Å². The van der Waals surface area contributed by atoms with Crippen LogP contribution in [0.5, 0.6) is 0 Å². The van der Waals surface area contributed by atoms with Crippen LogP contribution in [0.3, 0.4) is 0 Å². The molecule has 3 heteroatoms. The van der Waals surface area contributed by atoms with E-state index in [2.05, 4.69) is 4.74 Å². The van der Waals surface area contributed by atoms with Crippen LogP contribution in [-0.4, -0.2) is 13.1 Å². The summed E-state index contributed by atoms with van der Waals surface area (Å²) in [5.74, 6) is -0.500. The van der Waals surface area contributed by atoms with Crippen molar-refractivity contribution in [1.29, 1.82) is 0 Å². The van der Waals surface area contributed by atoms with Gasteiger partial charge in [0.25, 0.3) is 0 Å². The maximum absolute atomic E-state index is 13.0. The molecule has 0 heterocycles. The third-order valence-electron chi connectivity index (χ3n) is 1.79. The van der Waals surface area contributed by atoms with Crippen LogP contribution in [0.15, 0.2) is 24.3 Å². The predicted molar refractivity (Wildman–Crippen MR) is 47.3 cm³/mol. The lowest BCUT2D eigenvalue weighted by Crippen LogP contribution is -2.05. The lowest BCUT2D eigenvalue weighted by atomic mass is 10.0. The first-order valence-corrected chi connectivity index (χ1v) is 3.98. The van der Waals surface area contributed by atoms with Crippen molar-refractivity contribution >= 4 is 5.97 Å². The summed E-state index contributed by atoms with van der Waals surface area (Å²) in [7, 11) is 1.28. The number of esters is 1. The Balaban J connectivity index is 3.12. The molecule has 0 saturated heterocycles. The quantitative estimate of drug-likeness (QED) is 0.657. The second kappa shape index (κ2) is 4.03. The fourth-order valence-electron chi connectivity index (χ4n) is 1.14. The molecule has 13 heavy (non-hydrogen) atoms. The third kappa shape index (κ3) is 2.05. The molecule has 70 valence electrons. The van der Waals surface area contributed by atoms with Crippen molar-refractivity contribution < 1.29 is 13.9 Å². The van der Waals surface area contributed by atoms with E-state index in [-0.39, 0.29) is 0 Å². The summed E-state index contributed by atoms with van der Waals surface area (Å²) >= 11 is 0. The Labute approximate surface area is 76.3 Å². The largest absolute Gasteiger partial charge is 0.465 e. The number of hydrogen-bond acceptors (Lipinski definition) is 2. The number of carbonyl (C=O) groups is 1. The van der Waals surface area contributed by atoms with Gasteiger partial charge >= 0.3 is 5.97 Å². The first kappa shape index (κ1) is 9.71. The van der Waals surface area contributed by atoms with E-state index in [1.165, 1.54) is 14.0 Å². The zero-order chi connectivity index (χ0) is 9.84. The average Bonchev–Trinajstić information content (AvgIpc) is 2.16. The topological polar surface area (TPSA) is 26.3 Å². The van der Waals surface area contributed by atoms with E-state index in [0.29, 0.717) is 11.1 Å². The number of ether oxygens (including phenoxy) is 1. The number of hydrogen-bond donors (Lipinski definition) is 0. The van der Waals surface area contributed by atoms with Gasteiger partial charge in [-0.1, -0.05) is 18.2 Å². The minimum Gasteiger partial charge on any atom is -0.465 e. The Kier molecular flexibility index (Phi) is 3.01. The van der Waals surface area contributed by atoms with Gasteiger partial charge in [0.2, 0.25) is 0 Å². The van der Waals surface area contributed by atoms with Crippen LogP contribution >= 0.6 is 0 Å². The lowest BCUT2D eigenvalue weighted by molar-refractivity contribution is 0.0597. The van der Waals surface area contributed by atoms with Crippen molar-refractivity contribution in [1.82, 2.24) is 0 Å². The Morgan fingerprint density at radius 2 is 2.08 bits per heavy atom. The van der Waals surface area contributed by atoms with Crippen LogP contribution in [-0.2, 0) is 4.74 Å². The molecule has 1 atom stereocenters.